The second kappa shape index (κ2) is 6.51. The number of nitrogens with zero attached hydrogens (tertiary/aromatic N) is 2. The van der Waals surface area contributed by atoms with Crippen molar-refractivity contribution in [1.82, 2.24) is 20.2 Å². The van der Waals surface area contributed by atoms with Gasteiger partial charge in [0.1, 0.15) is 6.54 Å². The quantitative estimate of drug-likeness (QED) is 0.634. The predicted molar refractivity (Wildman–Crippen MR) is 67.0 cm³/mol. The third kappa shape index (κ3) is 4.46. The molecule has 1 fully saturated rings. The van der Waals surface area contributed by atoms with E-state index in [4.69, 9.17) is 4.74 Å². The Labute approximate surface area is 107 Å². The van der Waals surface area contributed by atoms with Crippen LogP contribution < -0.4 is 10.6 Å². The van der Waals surface area contributed by atoms with Gasteiger partial charge in [-0.3, -0.25) is 4.79 Å². The smallest absolute Gasteiger partial charge is 0.240 e. The first-order chi connectivity index (χ1) is 8.78. The molecule has 0 aliphatic heterocycles. The molecule has 1 aromatic heterocycles. The van der Waals surface area contributed by atoms with Crippen LogP contribution in [0.1, 0.15) is 18.5 Å². The molecule has 0 bridgehead atoms. The zero-order chi connectivity index (χ0) is 12.8. The Morgan fingerprint density at radius 2 is 2.44 bits per heavy atom. The van der Waals surface area contributed by atoms with Gasteiger partial charge in [-0.1, -0.05) is 0 Å². The molecule has 6 heteroatoms. The Morgan fingerprint density at radius 3 is 3.17 bits per heavy atom. The highest BCUT2D eigenvalue weighted by molar-refractivity contribution is 5.76. The SMILES string of the molecule is COCCNCc1cn(CC(=O)NC2CC2)cn1. The Morgan fingerprint density at radius 1 is 1.61 bits per heavy atom. The summed E-state index contributed by atoms with van der Waals surface area (Å²) in [6.45, 7) is 2.53. The molecule has 100 valence electrons. The lowest BCUT2D eigenvalue weighted by molar-refractivity contribution is -0.121. The Kier molecular flexibility index (Phi) is 4.72. The summed E-state index contributed by atoms with van der Waals surface area (Å²) >= 11 is 0. The first kappa shape index (κ1) is 13.0. The van der Waals surface area contributed by atoms with Gasteiger partial charge in [-0.05, 0) is 12.8 Å². The lowest BCUT2D eigenvalue weighted by atomic mass is 10.4. The van der Waals surface area contributed by atoms with Crippen LogP contribution >= 0.6 is 0 Å². The van der Waals surface area contributed by atoms with E-state index in [1.54, 1.807) is 13.4 Å². The zero-order valence-electron chi connectivity index (χ0n) is 10.7. The molecule has 6 nitrogen and oxygen atoms in total. The molecule has 0 radical (unpaired) electrons. The summed E-state index contributed by atoms with van der Waals surface area (Å²) in [6.07, 6.45) is 5.82. The molecule has 0 saturated heterocycles. The number of imidazole rings is 1. The first-order valence-corrected chi connectivity index (χ1v) is 6.27. The minimum atomic E-state index is 0.0637. The third-order valence-corrected chi connectivity index (χ3v) is 2.74. The van der Waals surface area contributed by atoms with Crippen molar-refractivity contribution in [3.05, 3.63) is 18.2 Å². The van der Waals surface area contributed by atoms with Crippen molar-refractivity contribution in [2.24, 2.45) is 0 Å². The highest BCUT2D eigenvalue weighted by atomic mass is 16.5. The summed E-state index contributed by atoms with van der Waals surface area (Å²) in [5.41, 5.74) is 0.935. The van der Waals surface area contributed by atoms with Crippen LogP contribution in [0.2, 0.25) is 0 Å². The van der Waals surface area contributed by atoms with Crippen molar-refractivity contribution in [1.29, 1.82) is 0 Å². The summed E-state index contributed by atoms with van der Waals surface area (Å²) in [5, 5.41) is 6.16. The van der Waals surface area contributed by atoms with Gasteiger partial charge in [-0.25, -0.2) is 4.98 Å². The summed E-state index contributed by atoms with van der Waals surface area (Å²) in [6, 6.07) is 0.413. The standard InChI is InChI=1S/C12H20N4O2/c1-18-5-4-13-6-11-7-16(9-14-11)8-12(17)15-10-2-3-10/h7,9-10,13H,2-6,8H2,1H3,(H,15,17). The van der Waals surface area contributed by atoms with Crippen LogP contribution in [0.3, 0.4) is 0 Å². The van der Waals surface area contributed by atoms with Crippen molar-refractivity contribution in [3.63, 3.8) is 0 Å². The minimum absolute atomic E-state index is 0.0637. The van der Waals surface area contributed by atoms with Crippen molar-refractivity contribution in [2.75, 3.05) is 20.3 Å². The molecule has 0 unspecified atom stereocenters. The lowest BCUT2D eigenvalue weighted by Crippen LogP contribution is -2.28. The van der Waals surface area contributed by atoms with Crippen LogP contribution in [0.5, 0.6) is 0 Å². The Bertz CT molecular complexity index is 387. The molecule has 2 N–H and O–H groups in total. The Balaban J connectivity index is 1.69. The molecule has 1 aliphatic carbocycles. The van der Waals surface area contributed by atoms with Crippen LogP contribution in [0.25, 0.3) is 0 Å². The molecule has 1 heterocycles. The molecular formula is C12H20N4O2. The molecular weight excluding hydrogens is 232 g/mol. The second-order valence-corrected chi connectivity index (χ2v) is 4.55. The summed E-state index contributed by atoms with van der Waals surface area (Å²) in [7, 11) is 1.68. The van der Waals surface area contributed by atoms with Crippen molar-refractivity contribution >= 4 is 5.91 Å². The van der Waals surface area contributed by atoms with Gasteiger partial charge in [0.05, 0.1) is 18.6 Å². The number of rotatable bonds is 8. The number of carbonyl (C=O) groups is 1. The topological polar surface area (TPSA) is 68.2 Å². The number of amides is 1. The predicted octanol–water partition coefficient (Wildman–Crippen LogP) is -0.102. The van der Waals surface area contributed by atoms with Gasteiger partial charge in [-0.15, -0.1) is 0 Å². The number of hydrogen-bond acceptors (Lipinski definition) is 4. The monoisotopic (exact) mass is 252 g/mol. The molecule has 0 atom stereocenters. The lowest BCUT2D eigenvalue weighted by Gasteiger charge is -2.03. The fraction of sp³-hybridized carbons (Fsp3) is 0.667. The van der Waals surface area contributed by atoms with E-state index in [0.29, 0.717) is 25.7 Å². The van der Waals surface area contributed by atoms with Gasteiger partial charge in [-0.2, -0.15) is 0 Å². The van der Waals surface area contributed by atoms with Gasteiger partial charge < -0.3 is 19.9 Å². The molecule has 0 aromatic carbocycles. The molecule has 2 rings (SSSR count). The normalized spacial score (nSPS) is 14.7. The maximum Gasteiger partial charge on any atom is 0.240 e. The van der Waals surface area contributed by atoms with Crippen LogP contribution in [0, 0.1) is 0 Å². The number of hydrogen-bond donors (Lipinski definition) is 2. The molecule has 0 spiro atoms. The van der Waals surface area contributed by atoms with Crippen molar-refractivity contribution in [3.8, 4) is 0 Å². The zero-order valence-corrected chi connectivity index (χ0v) is 10.7. The highest BCUT2D eigenvalue weighted by Crippen LogP contribution is 2.18. The van der Waals surface area contributed by atoms with Crippen LogP contribution in [-0.4, -0.2) is 41.8 Å². The average molecular weight is 252 g/mol. The third-order valence-electron chi connectivity index (χ3n) is 2.74. The van der Waals surface area contributed by atoms with E-state index in [0.717, 1.165) is 25.1 Å². The molecule has 1 amide bonds. The van der Waals surface area contributed by atoms with Crippen LogP contribution in [0.15, 0.2) is 12.5 Å². The van der Waals surface area contributed by atoms with Crippen molar-refractivity contribution < 1.29 is 9.53 Å². The summed E-state index contributed by atoms with van der Waals surface area (Å²) in [4.78, 5) is 15.8. The van der Waals surface area contributed by atoms with Gasteiger partial charge in [0.15, 0.2) is 0 Å². The highest BCUT2D eigenvalue weighted by Gasteiger charge is 2.23. The van der Waals surface area contributed by atoms with E-state index in [1.165, 1.54) is 0 Å². The van der Waals surface area contributed by atoms with Crippen molar-refractivity contribution in [2.45, 2.75) is 32.0 Å². The van der Waals surface area contributed by atoms with Crippen LogP contribution in [0.4, 0.5) is 0 Å². The largest absolute Gasteiger partial charge is 0.383 e. The maximum absolute atomic E-state index is 11.6. The molecule has 1 aliphatic rings. The number of nitrogens with one attached hydrogen (secondary N) is 2. The average Bonchev–Trinajstić information content (AvgIpc) is 3.04. The minimum Gasteiger partial charge on any atom is -0.383 e. The summed E-state index contributed by atoms with van der Waals surface area (Å²) < 4.78 is 6.75. The molecule has 1 saturated carbocycles. The van der Waals surface area contributed by atoms with Gasteiger partial charge in [0.25, 0.3) is 0 Å². The Hall–Kier alpha value is -1.40. The summed E-state index contributed by atoms with van der Waals surface area (Å²) in [5.74, 6) is 0.0637. The first-order valence-electron chi connectivity index (χ1n) is 6.27. The number of aromatic nitrogens is 2. The molecule has 1 aromatic rings. The number of ether oxygens (including phenoxy) is 1. The fourth-order valence-corrected chi connectivity index (χ4v) is 1.64. The number of carbonyl (C=O) groups excluding carboxylic acids is 1. The molecule has 18 heavy (non-hydrogen) atoms. The second-order valence-electron chi connectivity index (χ2n) is 4.55. The van der Waals surface area contributed by atoms with E-state index in [9.17, 15) is 4.79 Å². The van der Waals surface area contributed by atoms with E-state index < -0.39 is 0 Å². The fourth-order valence-electron chi connectivity index (χ4n) is 1.64. The maximum atomic E-state index is 11.6. The van der Waals surface area contributed by atoms with E-state index >= 15 is 0 Å². The van der Waals surface area contributed by atoms with Gasteiger partial charge in [0.2, 0.25) is 5.91 Å². The van der Waals surface area contributed by atoms with Gasteiger partial charge >= 0.3 is 0 Å². The van der Waals surface area contributed by atoms with Gasteiger partial charge in [0, 0.05) is 32.4 Å². The number of methoxy groups -OCH3 is 1. The van der Waals surface area contributed by atoms with E-state index in [-0.39, 0.29) is 5.91 Å². The van der Waals surface area contributed by atoms with E-state index in [2.05, 4.69) is 15.6 Å². The van der Waals surface area contributed by atoms with Crippen LogP contribution in [-0.2, 0) is 22.6 Å². The van der Waals surface area contributed by atoms with E-state index in [1.807, 2.05) is 10.8 Å².